The summed E-state index contributed by atoms with van der Waals surface area (Å²) in [4.78, 5) is 0. The van der Waals surface area contributed by atoms with Gasteiger partial charge in [-0.1, -0.05) is 47.5 Å². The molecule has 6 N–H and O–H groups in total. The molecule has 227 valence electrons. The molecular weight excluding hydrogens is 642 g/mol. The Morgan fingerprint density at radius 3 is 1.14 bits per heavy atom. The fourth-order valence-electron chi connectivity index (χ4n) is 2.98. The number of ether oxygens (including phenoxy) is 2. The fraction of sp³-hybridized carbons (Fsp3) is 0.0667. The summed E-state index contributed by atoms with van der Waals surface area (Å²) in [6.45, 7) is 0. The standard InChI is InChI=1S/2C15H13ClN2O2.Co.2H2O/c2*1-20-14-8-2-11(3-9-14)10-17-18-15(19)12-4-6-13(16)7-5-12;;;/h2*2-10H,1H3,(H,18,19);;2*1H2/q;;+2;;/b2*17-10-;;;. The largest absolute Gasteiger partial charge is 2.00 e. The molecule has 0 fully saturated rings. The number of halogens is 2. The molecule has 43 heavy (non-hydrogen) atoms. The Morgan fingerprint density at radius 2 is 0.860 bits per heavy atom. The van der Waals surface area contributed by atoms with Crippen molar-refractivity contribution in [2.45, 2.75) is 0 Å². The second kappa shape index (κ2) is 20.6. The minimum Gasteiger partial charge on any atom is -0.857 e. The van der Waals surface area contributed by atoms with E-state index in [4.69, 9.17) is 32.7 Å². The molecule has 4 aromatic rings. The van der Waals surface area contributed by atoms with Crippen molar-refractivity contribution < 1.29 is 47.4 Å². The molecular formula is C30H30Cl2CoN4O6+2. The van der Waals surface area contributed by atoms with Crippen LogP contribution in [0.25, 0.3) is 0 Å². The molecule has 10 nitrogen and oxygen atoms in total. The fourth-order valence-corrected chi connectivity index (χ4v) is 3.23. The van der Waals surface area contributed by atoms with Crippen LogP contribution in [0.4, 0.5) is 0 Å². The van der Waals surface area contributed by atoms with Crippen LogP contribution in [0, 0.1) is 0 Å². The van der Waals surface area contributed by atoms with Crippen LogP contribution in [-0.2, 0) is 27.7 Å². The monoisotopic (exact) mass is 671 g/mol. The summed E-state index contributed by atoms with van der Waals surface area (Å²) in [6, 6.07) is 27.5. The molecule has 0 aliphatic rings. The summed E-state index contributed by atoms with van der Waals surface area (Å²) in [5.74, 6) is 0.700. The average Bonchev–Trinajstić information content (AvgIpc) is 2.99. The van der Waals surface area contributed by atoms with Crippen molar-refractivity contribution in [1.82, 2.24) is 0 Å². The molecule has 0 heterocycles. The van der Waals surface area contributed by atoms with Gasteiger partial charge in [-0.2, -0.15) is 20.4 Å². The van der Waals surface area contributed by atoms with E-state index < -0.39 is 11.8 Å². The number of benzene rings is 4. The average molecular weight is 672 g/mol. The summed E-state index contributed by atoms with van der Waals surface area (Å²) < 4.78 is 10.1. The van der Waals surface area contributed by atoms with E-state index in [2.05, 4.69) is 20.4 Å². The first-order valence-corrected chi connectivity index (χ1v) is 12.5. The summed E-state index contributed by atoms with van der Waals surface area (Å²) in [5.41, 5.74) is 2.56. The third kappa shape index (κ3) is 13.5. The molecule has 1 radical (unpaired) electrons. The molecule has 0 atom stereocenters. The number of hydrogen-bond donors (Lipinski definition) is 0. The Morgan fingerprint density at radius 1 is 0.558 bits per heavy atom. The maximum atomic E-state index is 11.7. The first-order valence-electron chi connectivity index (χ1n) is 11.7. The van der Waals surface area contributed by atoms with Crippen molar-refractivity contribution in [3.63, 3.8) is 0 Å². The first kappa shape index (κ1) is 38.8. The van der Waals surface area contributed by atoms with Crippen molar-refractivity contribution in [2.75, 3.05) is 14.2 Å². The molecule has 0 aliphatic heterocycles. The van der Waals surface area contributed by atoms with Crippen LogP contribution in [0.5, 0.6) is 11.5 Å². The summed E-state index contributed by atoms with van der Waals surface area (Å²) in [7, 11) is 3.20. The van der Waals surface area contributed by atoms with Gasteiger partial charge >= 0.3 is 16.8 Å². The molecule has 0 bridgehead atoms. The van der Waals surface area contributed by atoms with Crippen LogP contribution >= 0.6 is 23.2 Å². The Bertz CT molecular complexity index is 1370. The van der Waals surface area contributed by atoms with Crippen LogP contribution in [0.3, 0.4) is 0 Å². The van der Waals surface area contributed by atoms with Crippen LogP contribution < -0.4 is 19.7 Å². The minimum atomic E-state index is -0.411. The van der Waals surface area contributed by atoms with E-state index in [1.165, 1.54) is 12.4 Å². The van der Waals surface area contributed by atoms with E-state index in [1.807, 2.05) is 48.5 Å². The normalized spacial score (nSPS) is 11.0. The van der Waals surface area contributed by atoms with Crippen molar-refractivity contribution in [1.29, 1.82) is 0 Å². The predicted octanol–water partition coefficient (Wildman–Crippen LogP) is 3.13. The molecule has 0 amide bonds. The van der Waals surface area contributed by atoms with Crippen LogP contribution in [-0.4, -0.2) is 38.4 Å². The summed E-state index contributed by atoms with van der Waals surface area (Å²) in [6.07, 6.45) is 3.01. The topological polar surface area (TPSA) is 180 Å². The van der Waals surface area contributed by atoms with Gasteiger partial charge in [0.05, 0.1) is 26.6 Å². The number of hydrogen-bond acceptors (Lipinski definition) is 8. The maximum absolute atomic E-state index is 11.7. The van der Waals surface area contributed by atoms with Gasteiger partial charge in [-0.15, -0.1) is 0 Å². The van der Waals surface area contributed by atoms with Crippen LogP contribution in [0.15, 0.2) is 117 Å². The Balaban J connectivity index is 0.000000767. The van der Waals surface area contributed by atoms with Gasteiger partial charge in [0.25, 0.3) is 0 Å². The van der Waals surface area contributed by atoms with Crippen LogP contribution in [0.2, 0.25) is 10.0 Å². The van der Waals surface area contributed by atoms with E-state index in [-0.39, 0.29) is 27.7 Å². The Kier molecular flexibility index (Phi) is 18.6. The first-order chi connectivity index (χ1) is 19.4. The van der Waals surface area contributed by atoms with Gasteiger partial charge in [-0.25, -0.2) is 0 Å². The molecule has 0 aromatic heterocycles. The molecule has 13 heteroatoms. The van der Waals surface area contributed by atoms with E-state index in [9.17, 15) is 10.2 Å². The van der Waals surface area contributed by atoms with Gasteiger partial charge in [0.2, 0.25) is 0 Å². The van der Waals surface area contributed by atoms with Gasteiger partial charge in [0.15, 0.2) is 0 Å². The quantitative estimate of drug-likeness (QED) is 0.121. The number of methoxy groups -OCH3 is 2. The number of rotatable bonds is 8. The van der Waals surface area contributed by atoms with Crippen molar-refractivity contribution >= 4 is 47.4 Å². The third-order valence-corrected chi connectivity index (χ3v) is 5.63. The van der Waals surface area contributed by atoms with E-state index in [0.29, 0.717) is 21.2 Å². The molecule has 0 spiro atoms. The summed E-state index contributed by atoms with van der Waals surface area (Å²) >= 11 is 11.5. The zero-order valence-corrected chi connectivity index (χ0v) is 25.6. The second-order valence-corrected chi connectivity index (χ2v) is 8.73. The molecule has 4 aromatic carbocycles. The van der Waals surface area contributed by atoms with Crippen molar-refractivity contribution in [3.05, 3.63) is 129 Å². The van der Waals surface area contributed by atoms with Gasteiger partial charge in [0, 0.05) is 21.8 Å². The van der Waals surface area contributed by atoms with E-state index in [0.717, 1.165) is 22.6 Å². The molecule has 4 rings (SSSR count). The SMILES string of the molecule is COc1ccc(/C=N\N=C(/[O-])c2ccc(Cl)cc2)cc1.COc1ccc(/C=N\N=C(/[O-])c2ccc(Cl)cc2)cc1.[Co+2].[OH3+].[OH3+]. The Hall–Kier alpha value is -4.23. The smallest absolute Gasteiger partial charge is 0.857 e. The molecule has 0 saturated carbocycles. The Labute approximate surface area is 269 Å². The molecule has 0 saturated heterocycles. The zero-order valence-electron chi connectivity index (χ0n) is 23.1. The van der Waals surface area contributed by atoms with Gasteiger partial charge < -0.3 is 30.6 Å². The zero-order chi connectivity index (χ0) is 28.7. The molecule has 0 aliphatic carbocycles. The molecule has 0 unspecified atom stereocenters. The van der Waals surface area contributed by atoms with E-state index >= 15 is 0 Å². The summed E-state index contributed by atoms with van der Waals surface area (Å²) in [5, 5.41) is 39.3. The van der Waals surface area contributed by atoms with Crippen molar-refractivity contribution in [3.8, 4) is 11.5 Å². The van der Waals surface area contributed by atoms with E-state index in [1.54, 1.807) is 62.8 Å². The van der Waals surface area contributed by atoms with Crippen LogP contribution in [0.1, 0.15) is 22.3 Å². The predicted molar refractivity (Wildman–Crippen MR) is 167 cm³/mol. The second-order valence-electron chi connectivity index (χ2n) is 7.86. The van der Waals surface area contributed by atoms with Gasteiger partial charge in [0.1, 0.15) is 11.5 Å². The third-order valence-electron chi connectivity index (χ3n) is 5.12. The van der Waals surface area contributed by atoms with Gasteiger partial charge in [-0.3, -0.25) is 0 Å². The number of nitrogens with zero attached hydrogens (tertiary/aromatic N) is 4. The minimum absolute atomic E-state index is 0. The van der Waals surface area contributed by atoms with Crippen molar-refractivity contribution in [2.24, 2.45) is 20.4 Å². The van der Waals surface area contributed by atoms with Gasteiger partial charge in [-0.05, 0) is 95.1 Å². The maximum Gasteiger partial charge on any atom is 2.00 e.